The average Bonchev–Trinajstić information content (AvgIpc) is 4.09. The third kappa shape index (κ3) is 5.00. The zero-order valence-electron chi connectivity index (χ0n) is 37.0. The number of rotatable bonds is 5. The molecule has 0 radical (unpaired) electrons. The molecule has 0 amide bonds. The maximum absolute atomic E-state index is 2.55. The number of aromatic nitrogens is 2. The van der Waals surface area contributed by atoms with Gasteiger partial charge in [-0.25, -0.2) is 0 Å². The molecule has 3 nitrogen and oxygen atoms in total. The highest BCUT2D eigenvalue weighted by molar-refractivity contribution is 7.25. The third-order valence-corrected chi connectivity index (χ3v) is 16.1. The molecule has 0 fully saturated rings. The molecule has 0 bridgehead atoms. The molecular formula is C63H41N3S. The van der Waals surface area contributed by atoms with Gasteiger partial charge in [-0.3, -0.25) is 0 Å². The van der Waals surface area contributed by atoms with Crippen molar-refractivity contribution in [3.63, 3.8) is 0 Å². The van der Waals surface area contributed by atoms with Crippen LogP contribution in [0.3, 0.4) is 0 Å². The molecule has 0 unspecified atom stereocenters. The fraction of sp³-hybridized carbons (Fsp3) is 0.0476. The van der Waals surface area contributed by atoms with Crippen LogP contribution in [0, 0.1) is 0 Å². The summed E-state index contributed by atoms with van der Waals surface area (Å²) in [5, 5.41) is 11.5. The van der Waals surface area contributed by atoms with E-state index >= 15 is 0 Å². The Morgan fingerprint density at radius 1 is 0.418 bits per heavy atom. The van der Waals surface area contributed by atoms with Gasteiger partial charge in [0.1, 0.15) is 0 Å². The van der Waals surface area contributed by atoms with Crippen molar-refractivity contribution in [3.8, 4) is 28.1 Å². The number of thiophene rings is 1. The first-order valence-electron chi connectivity index (χ1n) is 23.3. The molecule has 14 aromatic rings. The molecule has 15 rings (SSSR count). The minimum atomic E-state index is -0.202. The van der Waals surface area contributed by atoms with Crippen LogP contribution in [0.1, 0.15) is 25.0 Å². The van der Waals surface area contributed by atoms with Gasteiger partial charge in [-0.2, -0.15) is 0 Å². The van der Waals surface area contributed by atoms with Crippen LogP contribution in [0.4, 0.5) is 17.1 Å². The minimum absolute atomic E-state index is 0.202. The highest BCUT2D eigenvalue weighted by Crippen LogP contribution is 2.55. The van der Waals surface area contributed by atoms with Crippen LogP contribution < -0.4 is 4.90 Å². The van der Waals surface area contributed by atoms with E-state index in [1.165, 1.54) is 119 Å². The fourth-order valence-electron chi connectivity index (χ4n) is 12.2. The smallest absolute Gasteiger partial charge is 0.0619 e. The zero-order valence-corrected chi connectivity index (χ0v) is 37.8. The summed E-state index contributed by atoms with van der Waals surface area (Å²) in [4.78, 5) is 2.50. The molecule has 4 heteroatoms. The predicted octanol–water partition coefficient (Wildman–Crippen LogP) is 17.7. The summed E-state index contributed by atoms with van der Waals surface area (Å²) in [5.74, 6) is 0. The number of nitrogens with zero attached hydrogens (tertiary/aromatic N) is 3. The Morgan fingerprint density at radius 3 is 1.90 bits per heavy atom. The number of benzene rings is 10. The normalized spacial score (nSPS) is 13.3. The molecule has 314 valence electrons. The quantitative estimate of drug-likeness (QED) is 0.124. The van der Waals surface area contributed by atoms with E-state index in [2.05, 4.69) is 240 Å². The minimum Gasteiger partial charge on any atom is -0.310 e. The number of anilines is 3. The van der Waals surface area contributed by atoms with Crippen molar-refractivity contribution in [1.29, 1.82) is 0 Å². The summed E-state index contributed by atoms with van der Waals surface area (Å²) < 4.78 is 7.64. The lowest BCUT2D eigenvalue weighted by Gasteiger charge is -2.27. The largest absolute Gasteiger partial charge is 0.310 e. The van der Waals surface area contributed by atoms with Gasteiger partial charge in [0, 0.05) is 80.8 Å². The Balaban J connectivity index is 1.02. The monoisotopic (exact) mass is 871 g/mol. The molecule has 0 saturated carbocycles. The van der Waals surface area contributed by atoms with Gasteiger partial charge in [-0.05, 0) is 99.8 Å². The molecule has 1 aliphatic rings. The van der Waals surface area contributed by atoms with Crippen molar-refractivity contribution in [2.24, 2.45) is 0 Å². The Hall–Kier alpha value is -8.18. The van der Waals surface area contributed by atoms with Gasteiger partial charge in [0.25, 0.3) is 0 Å². The first-order chi connectivity index (χ1) is 33.0. The molecule has 4 heterocycles. The maximum Gasteiger partial charge on any atom is 0.0619 e. The number of fused-ring (bicyclic) bond motifs is 13. The summed E-state index contributed by atoms with van der Waals surface area (Å²) >= 11 is 1.87. The van der Waals surface area contributed by atoms with E-state index < -0.39 is 0 Å². The molecular weight excluding hydrogens is 831 g/mol. The second-order valence-electron chi connectivity index (χ2n) is 18.8. The van der Waals surface area contributed by atoms with E-state index in [1.807, 2.05) is 11.3 Å². The lowest BCUT2D eigenvalue weighted by atomic mass is 9.81. The van der Waals surface area contributed by atoms with Gasteiger partial charge < -0.3 is 13.9 Å². The van der Waals surface area contributed by atoms with Crippen molar-refractivity contribution in [1.82, 2.24) is 8.97 Å². The van der Waals surface area contributed by atoms with Crippen molar-refractivity contribution < 1.29 is 0 Å². The highest BCUT2D eigenvalue weighted by Gasteiger charge is 2.40. The van der Waals surface area contributed by atoms with E-state index in [-0.39, 0.29) is 5.41 Å². The first-order valence-corrected chi connectivity index (χ1v) is 24.1. The Labute approximate surface area is 390 Å². The van der Waals surface area contributed by atoms with Gasteiger partial charge >= 0.3 is 0 Å². The highest BCUT2D eigenvalue weighted by atomic mass is 32.1. The van der Waals surface area contributed by atoms with Crippen LogP contribution in [0.5, 0.6) is 0 Å². The molecule has 0 aliphatic heterocycles. The van der Waals surface area contributed by atoms with Gasteiger partial charge in [-0.15, -0.1) is 11.3 Å². The Bertz CT molecular complexity index is 4360. The average molecular weight is 872 g/mol. The first kappa shape index (κ1) is 37.1. The third-order valence-electron chi connectivity index (χ3n) is 15.0. The molecule has 0 N–H and O–H groups in total. The molecule has 0 atom stereocenters. The number of pyridine rings is 1. The van der Waals surface area contributed by atoms with Crippen molar-refractivity contribution >= 4 is 108 Å². The predicted molar refractivity (Wildman–Crippen MR) is 286 cm³/mol. The summed E-state index contributed by atoms with van der Waals surface area (Å²) in [7, 11) is 0. The summed E-state index contributed by atoms with van der Waals surface area (Å²) in [6, 6.07) is 79.3. The molecule has 0 saturated heterocycles. The van der Waals surface area contributed by atoms with Crippen molar-refractivity contribution in [2.45, 2.75) is 19.3 Å². The summed E-state index contributed by atoms with van der Waals surface area (Å²) in [6.07, 6.45) is 0. The topological polar surface area (TPSA) is 12.6 Å². The standard InChI is InChI=1S/C63H41N3S/c1-63(2)53-25-11-9-20-51(53)62-60(63)52-35-40(29-33-54(52)65(62)39-17-7-4-8-18-39)64(42-28-31-46-45-19-10-12-26-57(45)67-58(46)37-42)41-27-30-44-49-23-14-24-50-48-22-13-21-47-43(38-15-5-3-6-16-38)32-34-55(59(47)48)66(61(49)50)56(44)36-41/h3-37H,1-2H3. The van der Waals surface area contributed by atoms with E-state index in [9.17, 15) is 0 Å². The van der Waals surface area contributed by atoms with E-state index in [1.54, 1.807) is 0 Å². The van der Waals surface area contributed by atoms with E-state index in [4.69, 9.17) is 0 Å². The van der Waals surface area contributed by atoms with Crippen molar-refractivity contribution in [2.75, 3.05) is 4.90 Å². The Morgan fingerprint density at radius 2 is 1.04 bits per heavy atom. The second-order valence-corrected chi connectivity index (χ2v) is 19.9. The number of hydrogen-bond donors (Lipinski definition) is 0. The number of para-hydroxylation sites is 2. The molecule has 67 heavy (non-hydrogen) atoms. The maximum atomic E-state index is 2.55. The number of hydrogen-bond acceptors (Lipinski definition) is 2. The second kappa shape index (κ2) is 13.4. The van der Waals surface area contributed by atoms with Crippen LogP contribution in [0.25, 0.3) is 108 Å². The molecule has 0 spiro atoms. The summed E-state index contributed by atoms with van der Waals surface area (Å²) in [5.41, 5.74) is 17.1. The van der Waals surface area contributed by atoms with E-state index in [0.717, 1.165) is 17.1 Å². The van der Waals surface area contributed by atoms with Crippen molar-refractivity contribution in [3.05, 3.63) is 223 Å². The van der Waals surface area contributed by atoms with Gasteiger partial charge in [0.2, 0.25) is 0 Å². The lowest BCUT2D eigenvalue weighted by molar-refractivity contribution is 0.666. The SMILES string of the molecule is CC1(C)c2ccccc2-c2c1c1cc(N(c3ccc4c(c3)sc3ccccc34)c3ccc4c5cccc6c7cccc8c(-c9ccccc9)ccc(c87)n(c4c3)c65)ccc1n2-c1ccccc1. The summed E-state index contributed by atoms with van der Waals surface area (Å²) in [6.45, 7) is 4.80. The van der Waals surface area contributed by atoms with Crippen LogP contribution >= 0.6 is 11.3 Å². The van der Waals surface area contributed by atoms with Gasteiger partial charge in [0.15, 0.2) is 0 Å². The lowest BCUT2D eigenvalue weighted by Crippen LogP contribution is -2.15. The van der Waals surface area contributed by atoms with Crippen LogP contribution in [-0.4, -0.2) is 8.97 Å². The van der Waals surface area contributed by atoms with Crippen LogP contribution in [0.15, 0.2) is 212 Å². The Kier molecular flexibility index (Phi) is 7.44. The molecule has 1 aliphatic carbocycles. The zero-order chi connectivity index (χ0) is 44.1. The van der Waals surface area contributed by atoms with Gasteiger partial charge in [0.05, 0.1) is 27.8 Å². The van der Waals surface area contributed by atoms with Gasteiger partial charge in [-0.1, -0.05) is 159 Å². The van der Waals surface area contributed by atoms with Crippen LogP contribution in [-0.2, 0) is 5.41 Å². The van der Waals surface area contributed by atoms with Crippen LogP contribution in [0.2, 0.25) is 0 Å². The molecule has 10 aromatic carbocycles. The fourth-order valence-corrected chi connectivity index (χ4v) is 13.3. The van der Waals surface area contributed by atoms with E-state index in [0.29, 0.717) is 0 Å². The molecule has 4 aromatic heterocycles.